The minimum Gasteiger partial charge on any atom is -0.453 e. The topological polar surface area (TPSA) is 38.7 Å². The van der Waals surface area contributed by atoms with Crippen LogP contribution < -0.4 is 9.47 Å². The molecule has 0 atom stereocenters. The Morgan fingerprint density at radius 1 is 1.38 bits per heavy atom. The second kappa shape index (κ2) is 3.28. The third kappa shape index (κ3) is 1.55. The van der Waals surface area contributed by atoms with E-state index in [1.54, 1.807) is 0 Å². The van der Waals surface area contributed by atoms with Crippen LogP contribution in [0.15, 0.2) is 6.07 Å². The lowest BCUT2D eigenvalue weighted by Crippen LogP contribution is -2.11. The van der Waals surface area contributed by atoms with Gasteiger partial charge in [-0.1, -0.05) is 11.6 Å². The first-order valence-corrected chi connectivity index (χ1v) is 5.77. The van der Waals surface area contributed by atoms with Crippen LogP contribution in [-0.4, -0.2) is 17.5 Å². The average molecular weight is 241 g/mol. The van der Waals surface area contributed by atoms with Crippen molar-refractivity contribution >= 4 is 11.6 Å². The Morgan fingerprint density at radius 2 is 2.06 bits per heavy atom. The highest BCUT2D eigenvalue weighted by molar-refractivity contribution is 6.32. The van der Waals surface area contributed by atoms with Gasteiger partial charge < -0.3 is 14.6 Å². The SMILES string of the molecule is Cc1c(CC2(O)CC2)cc(Cl)c2c1OCO2. The lowest BCUT2D eigenvalue weighted by Gasteiger charge is -2.13. The van der Waals surface area contributed by atoms with Crippen LogP contribution in [0.25, 0.3) is 0 Å². The molecular formula is C12H13ClO3. The van der Waals surface area contributed by atoms with E-state index < -0.39 is 5.60 Å². The van der Waals surface area contributed by atoms with Crippen molar-refractivity contribution in [2.75, 3.05) is 6.79 Å². The number of halogens is 1. The highest BCUT2D eigenvalue weighted by atomic mass is 35.5. The van der Waals surface area contributed by atoms with Crippen molar-refractivity contribution < 1.29 is 14.6 Å². The molecule has 0 unspecified atom stereocenters. The Morgan fingerprint density at radius 3 is 2.75 bits per heavy atom. The second-order valence-electron chi connectivity index (χ2n) is 4.61. The number of hydrogen-bond donors (Lipinski definition) is 1. The summed E-state index contributed by atoms with van der Waals surface area (Å²) in [5, 5.41) is 10.5. The van der Waals surface area contributed by atoms with Crippen LogP contribution in [-0.2, 0) is 6.42 Å². The normalized spacial score (nSPS) is 19.9. The van der Waals surface area contributed by atoms with Crippen LogP contribution in [0.2, 0.25) is 5.02 Å². The lowest BCUT2D eigenvalue weighted by atomic mass is 10.00. The molecule has 4 heteroatoms. The van der Waals surface area contributed by atoms with E-state index in [9.17, 15) is 5.11 Å². The van der Waals surface area contributed by atoms with Crippen molar-refractivity contribution in [1.82, 2.24) is 0 Å². The van der Waals surface area contributed by atoms with Crippen molar-refractivity contribution in [2.45, 2.75) is 31.8 Å². The summed E-state index contributed by atoms with van der Waals surface area (Å²) < 4.78 is 10.7. The van der Waals surface area contributed by atoms with Crippen LogP contribution in [0.4, 0.5) is 0 Å². The van der Waals surface area contributed by atoms with Gasteiger partial charge in [0.1, 0.15) is 0 Å². The summed E-state index contributed by atoms with van der Waals surface area (Å²) >= 11 is 6.11. The monoisotopic (exact) mass is 240 g/mol. The number of hydrogen-bond acceptors (Lipinski definition) is 3. The van der Waals surface area contributed by atoms with Crippen molar-refractivity contribution in [3.05, 3.63) is 22.2 Å². The summed E-state index contributed by atoms with van der Waals surface area (Å²) in [4.78, 5) is 0. The smallest absolute Gasteiger partial charge is 0.231 e. The van der Waals surface area contributed by atoms with Crippen molar-refractivity contribution in [3.8, 4) is 11.5 Å². The molecule has 1 aliphatic heterocycles. The van der Waals surface area contributed by atoms with Crippen molar-refractivity contribution in [3.63, 3.8) is 0 Å². The van der Waals surface area contributed by atoms with Crippen LogP contribution in [0, 0.1) is 6.92 Å². The number of ether oxygens (including phenoxy) is 2. The zero-order chi connectivity index (χ0) is 11.3. The number of benzene rings is 1. The molecule has 1 N–H and O–H groups in total. The van der Waals surface area contributed by atoms with E-state index in [4.69, 9.17) is 21.1 Å². The molecule has 1 fully saturated rings. The Kier molecular flexibility index (Phi) is 2.10. The largest absolute Gasteiger partial charge is 0.453 e. The quantitative estimate of drug-likeness (QED) is 0.863. The Balaban J connectivity index is 2.02. The molecule has 86 valence electrons. The van der Waals surface area contributed by atoms with Gasteiger partial charge in [0.2, 0.25) is 6.79 Å². The van der Waals surface area contributed by atoms with Gasteiger partial charge in [-0.05, 0) is 37.0 Å². The number of fused-ring (bicyclic) bond motifs is 1. The standard InChI is InChI=1S/C12H13ClO3/c1-7-8(5-12(14)2-3-12)4-9(13)11-10(7)15-6-16-11/h4,14H,2-3,5-6H2,1H3. The Bertz CT molecular complexity index is 452. The van der Waals surface area contributed by atoms with Crippen LogP contribution in [0.3, 0.4) is 0 Å². The molecular weight excluding hydrogens is 228 g/mol. The van der Waals surface area contributed by atoms with Gasteiger partial charge in [-0.25, -0.2) is 0 Å². The molecule has 1 aromatic rings. The van der Waals surface area contributed by atoms with E-state index in [1.807, 2.05) is 13.0 Å². The molecule has 0 amide bonds. The van der Waals surface area contributed by atoms with E-state index >= 15 is 0 Å². The lowest BCUT2D eigenvalue weighted by molar-refractivity contribution is 0.150. The molecule has 1 aliphatic carbocycles. The van der Waals surface area contributed by atoms with Gasteiger partial charge >= 0.3 is 0 Å². The molecule has 1 saturated carbocycles. The summed E-state index contributed by atoms with van der Waals surface area (Å²) in [6, 6.07) is 1.88. The Hall–Kier alpha value is -0.930. The van der Waals surface area contributed by atoms with Crippen molar-refractivity contribution in [2.24, 2.45) is 0 Å². The number of aliphatic hydroxyl groups is 1. The third-order valence-electron chi connectivity index (χ3n) is 3.30. The summed E-state index contributed by atoms with van der Waals surface area (Å²) in [6.45, 7) is 2.20. The fourth-order valence-corrected chi connectivity index (χ4v) is 2.34. The van der Waals surface area contributed by atoms with Crippen LogP contribution in [0.5, 0.6) is 11.5 Å². The zero-order valence-electron chi connectivity index (χ0n) is 9.05. The minimum atomic E-state index is -0.512. The van der Waals surface area contributed by atoms with Crippen LogP contribution >= 0.6 is 11.6 Å². The molecule has 1 aromatic carbocycles. The predicted octanol–water partition coefficient (Wildman–Crippen LogP) is 2.44. The first kappa shape index (κ1) is 10.2. The zero-order valence-corrected chi connectivity index (χ0v) is 9.80. The third-order valence-corrected chi connectivity index (χ3v) is 3.58. The van der Waals surface area contributed by atoms with E-state index in [2.05, 4.69) is 0 Å². The van der Waals surface area contributed by atoms with E-state index in [0.29, 0.717) is 17.2 Å². The molecule has 0 saturated heterocycles. The predicted molar refractivity (Wildman–Crippen MR) is 60.2 cm³/mol. The Labute approximate surface area is 98.9 Å². The van der Waals surface area contributed by atoms with Gasteiger partial charge in [-0.3, -0.25) is 0 Å². The molecule has 3 rings (SSSR count). The summed E-state index contributed by atoms with van der Waals surface area (Å²) in [5.41, 5.74) is 1.56. The molecule has 1 heterocycles. The molecule has 16 heavy (non-hydrogen) atoms. The highest BCUT2D eigenvalue weighted by Gasteiger charge is 2.41. The van der Waals surface area contributed by atoms with Gasteiger partial charge in [0, 0.05) is 6.42 Å². The molecule has 0 radical (unpaired) electrons. The molecule has 0 aromatic heterocycles. The first-order valence-electron chi connectivity index (χ1n) is 5.39. The average Bonchev–Trinajstić information content (AvgIpc) is 2.81. The molecule has 3 nitrogen and oxygen atoms in total. The van der Waals surface area contributed by atoms with E-state index in [1.165, 1.54) is 0 Å². The summed E-state index contributed by atoms with van der Waals surface area (Å²) in [6.07, 6.45) is 2.40. The van der Waals surface area contributed by atoms with E-state index in [0.717, 1.165) is 29.7 Å². The maximum absolute atomic E-state index is 9.93. The van der Waals surface area contributed by atoms with Gasteiger partial charge in [-0.2, -0.15) is 0 Å². The minimum absolute atomic E-state index is 0.226. The maximum Gasteiger partial charge on any atom is 0.231 e. The van der Waals surface area contributed by atoms with Gasteiger partial charge in [0.15, 0.2) is 11.5 Å². The fourth-order valence-electron chi connectivity index (χ4n) is 2.07. The second-order valence-corrected chi connectivity index (χ2v) is 5.02. The number of rotatable bonds is 2. The van der Waals surface area contributed by atoms with Crippen LogP contribution in [0.1, 0.15) is 24.0 Å². The summed E-state index contributed by atoms with van der Waals surface area (Å²) in [7, 11) is 0. The van der Waals surface area contributed by atoms with Gasteiger partial charge in [-0.15, -0.1) is 0 Å². The molecule has 0 bridgehead atoms. The highest BCUT2D eigenvalue weighted by Crippen LogP contribution is 2.46. The van der Waals surface area contributed by atoms with Crippen molar-refractivity contribution in [1.29, 1.82) is 0 Å². The fraction of sp³-hybridized carbons (Fsp3) is 0.500. The maximum atomic E-state index is 9.93. The summed E-state index contributed by atoms with van der Waals surface area (Å²) in [5.74, 6) is 1.36. The van der Waals surface area contributed by atoms with Gasteiger partial charge in [0.25, 0.3) is 0 Å². The van der Waals surface area contributed by atoms with Gasteiger partial charge in [0.05, 0.1) is 10.6 Å². The molecule has 2 aliphatic rings. The molecule has 0 spiro atoms. The first-order chi connectivity index (χ1) is 7.59. The van der Waals surface area contributed by atoms with E-state index in [-0.39, 0.29) is 6.79 Å².